The van der Waals surface area contributed by atoms with E-state index in [4.69, 9.17) is 10.6 Å². The van der Waals surface area contributed by atoms with Crippen LogP contribution in [0.15, 0.2) is 54.6 Å². The molecular weight excluding hydrogens is 236 g/mol. The van der Waals surface area contributed by atoms with Gasteiger partial charge in [0.25, 0.3) is 0 Å². The fraction of sp³-hybridized carbons (Fsp3) is 0.250. The van der Waals surface area contributed by atoms with Gasteiger partial charge in [-0.15, -0.1) is 0 Å². The van der Waals surface area contributed by atoms with Gasteiger partial charge in [-0.3, -0.25) is 11.3 Å². The lowest BCUT2D eigenvalue weighted by molar-refractivity contribution is 0.396. The normalized spacial score (nSPS) is 12.1. The van der Waals surface area contributed by atoms with E-state index in [9.17, 15) is 0 Å². The number of para-hydroxylation sites is 1. The maximum absolute atomic E-state index is 5.69. The highest BCUT2D eigenvalue weighted by Crippen LogP contribution is 2.27. The predicted octanol–water partition coefficient (Wildman–Crippen LogP) is 2.83. The van der Waals surface area contributed by atoms with E-state index in [0.717, 1.165) is 24.2 Å². The van der Waals surface area contributed by atoms with Crippen molar-refractivity contribution in [3.63, 3.8) is 0 Å². The van der Waals surface area contributed by atoms with Gasteiger partial charge in [-0.1, -0.05) is 48.5 Å². The van der Waals surface area contributed by atoms with Crippen molar-refractivity contribution in [2.24, 2.45) is 5.84 Å². The fourth-order valence-corrected chi connectivity index (χ4v) is 2.24. The molecule has 0 bridgehead atoms. The van der Waals surface area contributed by atoms with Crippen molar-refractivity contribution in [1.82, 2.24) is 5.43 Å². The third-order valence-electron chi connectivity index (χ3n) is 3.28. The first-order chi connectivity index (χ1) is 9.35. The van der Waals surface area contributed by atoms with Gasteiger partial charge >= 0.3 is 0 Å². The van der Waals surface area contributed by atoms with Gasteiger partial charge in [-0.2, -0.15) is 0 Å². The van der Waals surface area contributed by atoms with Crippen LogP contribution in [-0.4, -0.2) is 7.11 Å². The fourth-order valence-electron chi connectivity index (χ4n) is 2.24. The number of hydrazine groups is 1. The zero-order chi connectivity index (χ0) is 13.5. The molecule has 3 N–H and O–H groups in total. The van der Waals surface area contributed by atoms with Crippen molar-refractivity contribution in [2.45, 2.75) is 18.9 Å². The zero-order valence-corrected chi connectivity index (χ0v) is 11.2. The number of rotatable bonds is 6. The van der Waals surface area contributed by atoms with E-state index in [1.807, 2.05) is 30.3 Å². The Labute approximate surface area is 114 Å². The Bertz CT molecular complexity index is 499. The summed E-state index contributed by atoms with van der Waals surface area (Å²) < 4.78 is 5.38. The number of methoxy groups -OCH3 is 1. The van der Waals surface area contributed by atoms with Crippen LogP contribution in [0.4, 0.5) is 0 Å². The summed E-state index contributed by atoms with van der Waals surface area (Å²) in [6, 6.07) is 18.5. The summed E-state index contributed by atoms with van der Waals surface area (Å²) in [4.78, 5) is 0. The Morgan fingerprint density at radius 1 is 1.05 bits per heavy atom. The molecule has 19 heavy (non-hydrogen) atoms. The van der Waals surface area contributed by atoms with Gasteiger partial charge in [0.1, 0.15) is 5.75 Å². The smallest absolute Gasteiger partial charge is 0.123 e. The molecule has 0 saturated heterocycles. The molecule has 0 aromatic heterocycles. The van der Waals surface area contributed by atoms with Crippen molar-refractivity contribution >= 4 is 0 Å². The molecule has 1 atom stereocenters. The van der Waals surface area contributed by atoms with Gasteiger partial charge in [0.05, 0.1) is 7.11 Å². The lowest BCUT2D eigenvalue weighted by Crippen LogP contribution is -2.28. The molecule has 2 aromatic rings. The Morgan fingerprint density at radius 3 is 2.42 bits per heavy atom. The van der Waals surface area contributed by atoms with E-state index in [1.165, 1.54) is 5.56 Å². The molecule has 3 heteroatoms. The summed E-state index contributed by atoms with van der Waals surface area (Å²) in [5, 5.41) is 0. The Hall–Kier alpha value is -1.84. The van der Waals surface area contributed by atoms with Crippen molar-refractivity contribution in [3.8, 4) is 5.75 Å². The summed E-state index contributed by atoms with van der Waals surface area (Å²) in [6.07, 6.45) is 1.91. The molecule has 2 rings (SSSR count). The van der Waals surface area contributed by atoms with Gasteiger partial charge in [-0.05, 0) is 24.5 Å². The lowest BCUT2D eigenvalue weighted by atomic mass is 9.99. The number of nitrogens with one attached hydrogen (secondary N) is 1. The van der Waals surface area contributed by atoms with Crippen LogP contribution in [0.3, 0.4) is 0 Å². The molecule has 0 radical (unpaired) electrons. The standard InChI is InChI=1S/C16H20N2O/c1-19-16-10-6-5-9-14(16)15(18-17)12-11-13-7-3-2-4-8-13/h2-10,15,18H,11-12,17H2,1H3. The van der Waals surface area contributed by atoms with E-state index < -0.39 is 0 Å². The minimum absolute atomic E-state index is 0.0938. The largest absolute Gasteiger partial charge is 0.496 e. The van der Waals surface area contributed by atoms with E-state index >= 15 is 0 Å². The number of ether oxygens (including phenoxy) is 1. The molecule has 3 nitrogen and oxygen atoms in total. The van der Waals surface area contributed by atoms with Gasteiger partial charge in [0.15, 0.2) is 0 Å². The SMILES string of the molecule is COc1ccccc1C(CCc1ccccc1)NN. The van der Waals surface area contributed by atoms with Crippen LogP contribution < -0.4 is 16.0 Å². The highest BCUT2D eigenvalue weighted by molar-refractivity contribution is 5.36. The molecule has 0 aliphatic carbocycles. The first-order valence-electron chi connectivity index (χ1n) is 6.48. The third-order valence-corrected chi connectivity index (χ3v) is 3.28. The third kappa shape index (κ3) is 3.56. The van der Waals surface area contributed by atoms with Crippen molar-refractivity contribution in [2.75, 3.05) is 7.11 Å². The molecule has 100 valence electrons. The van der Waals surface area contributed by atoms with E-state index in [-0.39, 0.29) is 6.04 Å². The van der Waals surface area contributed by atoms with Gasteiger partial charge in [0, 0.05) is 11.6 Å². The van der Waals surface area contributed by atoms with Crippen LogP contribution in [0, 0.1) is 0 Å². The van der Waals surface area contributed by atoms with E-state index in [1.54, 1.807) is 7.11 Å². The second-order valence-corrected chi connectivity index (χ2v) is 4.49. The molecular formula is C16H20N2O. The molecule has 0 spiro atoms. The Balaban J connectivity index is 2.08. The molecule has 2 aromatic carbocycles. The zero-order valence-electron chi connectivity index (χ0n) is 11.2. The minimum Gasteiger partial charge on any atom is -0.496 e. The molecule has 0 aliphatic heterocycles. The summed E-state index contributed by atoms with van der Waals surface area (Å²) in [7, 11) is 1.68. The van der Waals surface area contributed by atoms with Gasteiger partial charge in [-0.25, -0.2) is 0 Å². The highest BCUT2D eigenvalue weighted by Gasteiger charge is 2.14. The molecule has 0 aliphatic rings. The monoisotopic (exact) mass is 256 g/mol. The Kier molecular flexibility index (Phi) is 4.95. The molecule has 1 unspecified atom stereocenters. The lowest BCUT2D eigenvalue weighted by Gasteiger charge is -2.19. The summed E-state index contributed by atoms with van der Waals surface area (Å²) in [5.41, 5.74) is 5.30. The van der Waals surface area contributed by atoms with Crippen LogP contribution in [0.5, 0.6) is 5.75 Å². The van der Waals surface area contributed by atoms with E-state index in [2.05, 4.69) is 29.7 Å². The van der Waals surface area contributed by atoms with Crippen LogP contribution in [-0.2, 0) is 6.42 Å². The van der Waals surface area contributed by atoms with Crippen LogP contribution in [0.1, 0.15) is 23.6 Å². The van der Waals surface area contributed by atoms with Crippen molar-refractivity contribution in [1.29, 1.82) is 0 Å². The second kappa shape index (κ2) is 6.92. The number of nitrogens with two attached hydrogens (primary N) is 1. The second-order valence-electron chi connectivity index (χ2n) is 4.49. The molecule has 0 heterocycles. The number of hydrogen-bond donors (Lipinski definition) is 2. The topological polar surface area (TPSA) is 47.3 Å². The van der Waals surface area contributed by atoms with Gasteiger partial charge in [0.2, 0.25) is 0 Å². The first-order valence-corrected chi connectivity index (χ1v) is 6.48. The highest BCUT2D eigenvalue weighted by atomic mass is 16.5. The molecule has 0 amide bonds. The van der Waals surface area contributed by atoms with Gasteiger partial charge < -0.3 is 4.74 Å². The van der Waals surface area contributed by atoms with Crippen LogP contribution in [0.2, 0.25) is 0 Å². The average Bonchev–Trinajstić information content (AvgIpc) is 2.49. The maximum atomic E-state index is 5.69. The predicted molar refractivity (Wildman–Crippen MR) is 77.8 cm³/mol. The summed E-state index contributed by atoms with van der Waals surface area (Å²) in [5.74, 6) is 6.56. The summed E-state index contributed by atoms with van der Waals surface area (Å²) >= 11 is 0. The quantitative estimate of drug-likeness (QED) is 0.617. The minimum atomic E-state index is 0.0938. The van der Waals surface area contributed by atoms with E-state index in [0.29, 0.717) is 0 Å². The molecule has 0 fully saturated rings. The average molecular weight is 256 g/mol. The summed E-state index contributed by atoms with van der Waals surface area (Å²) in [6.45, 7) is 0. The number of benzene rings is 2. The number of aryl methyl sites for hydroxylation is 1. The maximum Gasteiger partial charge on any atom is 0.123 e. The van der Waals surface area contributed by atoms with Crippen molar-refractivity contribution in [3.05, 3.63) is 65.7 Å². The number of hydrogen-bond acceptors (Lipinski definition) is 3. The Morgan fingerprint density at radius 2 is 1.74 bits per heavy atom. The first kappa shape index (κ1) is 13.6. The van der Waals surface area contributed by atoms with Crippen molar-refractivity contribution < 1.29 is 4.74 Å². The van der Waals surface area contributed by atoms with Crippen LogP contribution >= 0.6 is 0 Å². The molecule has 0 saturated carbocycles. The van der Waals surface area contributed by atoms with Crippen LogP contribution in [0.25, 0.3) is 0 Å².